The number of hydrogen-bond donors (Lipinski definition) is 3. The van der Waals surface area contributed by atoms with Gasteiger partial charge in [0.05, 0.1) is 19.8 Å². The lowest BCUT2D eigenvalue weighted by Gasteiger charge is -2.20. The van der Waals surface area contributed by atoms with Crippen LogP contribution < -0.4 is 0 Å². The van der Waals surface area contributed by atoms with E-state index in [0.717, 1.165) is 51.4 Å². The molecule has 11 heteroatoms. The molecule has 0 heterocycles. The highest BCUT2D eigenvalue weighted by Crippen LogP contribution is 2.43. The fourth-order valence-electron chi connectivity index (χ4n) is 6.41. The number of aliphatic hydroxyl groups is 2. The number of esters is 2. The van der Waals surface area contributed by atoms with Crippen molar-refractivity contribution >= 4 is 19.8 Å². The molecule has 0 bridgehead atoms. The van der Waals surface area contributed by atoms with Crippen LogP contribution in [0.4, 0.5) is 0 Å². The number of unbranched alkanes of at least 4 members (excludes halogenated alkanes) is 24. The smallest absolute Gasteiger partial charge is 0.462 e. The second-order valence-electron chi connectivity index (χ2n) is 15.8. The number of carbonyl (C=O) groups is 2. The van der Waals surface area contributed by atoms with Crippen molar-refractivity contribution in [3.63, 3.8) is 0 Å². The van der Waals surface area contributed by atoms with Crippen LogP contribution in [0.15, 0.2) is 36.5 Å². The van der Waals surface area contributed by atoms with Gasteiger partial charge in [-0.25, -0.2) is 4.57 Å². The lowest BCUT2D eigenvalue weighted by molar-refractivity contribution is -0.161. The van der Waals surface area contributed by atoms with Gasteiger partial charge in [0.1, 0.15) is 12.7 Å². The zero-order valence-electron chi connectivity index (χ0n) is 37.0. The third kappa shape index (κ3) is 42.3. The molecule has 3 atom stereocenters. The van der Waals surface area contributed by atoms with Gasteiger partial charge in [-0.15, -0.1) is 0 Å². The normalized spacial score (nSPS) is 14.1. The fraction of sp³-hybridized carbons (Fsp3) is 0.830. The number of phosphoric ester groups is 1. The van der Waals surface area contributed by atoms with Crippen LogP contribution >= 0.6 is 7.82 Å². The van der Waals surface area contributed by atoms with Crippen LogP contribution in [0.5, 0.6) is 0 Å². The Kier molecular flexibility index (Phi) is 41.9. The van der Waals surface area contributed by atoms with Crippen molar-refractivity contribution in [3.8, 4) is 0 Å². The van der Waals surface area contributed by atoms with Crippen molar-refractivity contribution in [1.82, 2.24) is 0 Å². The highest BCUT2D eigenvalue weighted by atomic mass is 31.2. The lowest BCUT2D eigenvalue weighted by atomic mass is 10.0. The highest BCUT2D eigenvalue weighted by Gasteiger charge is 2.27. The molecule has 0 aliphatic heterocycles. The van der Waals surface area contributed by atoms with Crippen molar-refractivity contribution in [2.75, 3.05) is 26.4 Å². The summed E-state index contributed by atoms with van der Waals surface area (Å²) in [6.07, 6.45) is 45.5. The van der Waals surface area contributed by atoms with Gasteiger partial charge >= 0.3 is 19.8 Å². The van der Waals surface area contributed by atoms with Gasteiger partial charge in [-0.05, 0) is 51.4 Å². The van der Waals surface area contributed by atoms with Crippen LogP contribution in [0, 0.1) is 0 Å². The molecule has 0 saturated carbocycles. The van der Waals surface area contributed by atoms with E-state index in [1.165, 1.54) is 122 Å². The first-order valence-corrected chi connectivity index (χ1v) is 24.9. The van der Waals surface area contributed by atoms with E-state index < -0.39 is 51.8 Å². The molecule has 0 aromatic carbocycles. The molecule has 0 spiro atoms. The predicted molar refractivity (Wildman–Crippen MR) is 238 cm³/mol. The fourth-order valence-corrected chi connectivity index (χ4v) is 7.20. The largest absolute Gasteiger partial charge is 0.472 e. The van der Waals surface area contributed by atoms with E-state index in [4.69, 9.17) is 23.6 Å². The maximum Gasteiger partial charge on any atom is 0.472 e. The van der Waals surface area contributed by atoms with Gasteiger partial charge in [0.25, 0.3) is 0 Å². The van der Waals surface area contributed by atoms with Crippen molar-refractivity contribution in [2.45, 2.75) is 225 Å². The molecule has 0 fully saturated rings. The van der Waals surface area contributed by atoms with Crippen LogP contribution in [0.2, 0.25) is 0 Å². The Hall–Kier alpha value is -1.81. The zero-order valence-corrected chi connectivity index (χ0v) is 37.9. The van der Waals surface area contributed by atoms with E-state index in [0.29, 0.717) is 12.8 Å². The molecule has 0 aromatic heterocycles. The average Bonchev–Trinajstić information content (AvgIpc) is 3.21. The standard InChI is InChI=1S/C47H87O10P/c1-3-5-7-9-11-13-15-17-19-20-21-22-23-25-26-28-30-32-34-36-38-46(50)54-42-45(43-56-58(52,53)55-41-44(49)40-48)57-47(51)39-37-35-33-31-29-27-24-18-16-14-12-10-8-6-4-2/h12,14,18,24,29,31,44-45,48-49H,3-11,13,15-17,19-23,25-28,30,32-43H2,1-2H3,(H,52,53)/b14-12+,24-18+,31-29+/t44-,45-/m1/s1. The van der Waals surface area contributed by atoms with Gasteiger partial charge in [-0.1, -0.05) is 185 Å². The Morgan fingerprint density at radius 1 is 0.517 bits per heavy atom. The summed E-state index contributed by atoms with van der Waals surface area (Å²) in [5.74, 6) is -0.962. The van der Waals surface area contributed by atoms with Gasteiger partial charge in [0, 0.05) is 12.8 Å². The molecule has 0 radical (unpaired) electrons. The number of rotatable bonds is 44. The molecule has 0 aliphatic carbocycles. The van der Waals surface area contributed by atoms with Gasteiger partial charge in [0.15, 0.2) is 6.10 Å². The summed E-state index contributed by atoms with van der Waals surface area (Å²) in [5, 5.41) is 18.3. The Labute approximate surface area is 354 Å². The third-order valence-corrected chi connectivity index (χ3v) is 11.0. The maximum atomic E-state index is 12.6. The molecule has 10 nitrogen and oxygen atoms in total. The maximum absolute atomic E-state index is 12.6. The first-order valence-electron chi connectivity index (χ1n) is 23.4. The van der Waals surface area contributed by atoms with Crippen molar-refractivity contribution in [3.05, 3.63) is 36.5 Å². The summed E-state index contributed by atoms with van der Waals surface area (Å²) < 4.78 is 32.7. The summed E-state index contributed by atoms with van der Waals surface area (Å²) >= 11 is 0. The van der Waals surface area contributed by atoms with Crippen LogP contribution in [-0.4, -0.2) is 65.7 Å². The summed E-state index contributed by atoms with van der Waals surface area (Å²) in [4.78, 5) is 35.0. The van der Waals surface area contributed by atoms with Crippen molar-refractivity contribution < 1.29 is 47.8 Å². The molecule has 0 aromatic rings. The quantitative estimate of drug-likeness (QED) is 0.0234. The Morgan fingerprint density at radius 2 is 0.897 bits per heavy atom. The highest BCUT2D eigenvalue weighted by molar-refractivity contribution is 7.47. The predicted octanol–water partition coefficient (Wildman–Crippen LogP) is 12.7. The molecule has 1 unspecified atom stereocenters. The minimum atomic E-state index is -4.63. The molecule has 0 amide bonds. The minimum Gasteiger partial charge on any atom is -0.462 e. The number of aliphatic hydroxyl groups excluding tert-OH is 2. The SMILES string of the molecule is CCCCC/C=C/C/C=C/C/C=C/CCCCC(=O)O[C@H](COC(=O)CCCCCCCCCCCCCCCCCCCCCC)COP(=O)(O)OC[C@H](O)CO. The second kappa shape index (κ2) is 43.3. The number of allylic oxidation sites excluding steroid dienone is 6. The van der Waals surface area contributed by atoms with Crippen LogP contribution in [-0.2, 0) is 32.7 Å². The molecule has 0 aliphatic rings. The van der Waals surface area contributed by atoms with E-state index in [-0.39, 0.29) is 19.4 Å². The summed E-state index contributed by atoms with van der Waals surface area (Å²) in [6.45, 7) is 2.33. The number of ether oxygens (including phenoxy) is 2. The number of carbonyl (C=O) groups excluding carboxylic acids is 2. The average molecular weight is 843 g/mol. The molecule has 3 N–H and O–H groups in total. The van der Waals surface area contributed by atoms with E-state index in [2.05, 4.69) is 50.3 Å². The Balaban J connectivity index is 4.24. The second-order valence-corrected chi connectivity index (χ2v) is 17.2. The summed E-state index contributed by atoms with van der Waals surface area (Å²) in [6, 6.07) is 0. The van der Waals surface area contributed by atoms with Crippen molar-refractivity contribution in [2.24, 2.45) is 0 Å². The van der Waals surface area contributed by atoms with Crippen molar-refractivity contribution in [1.29, 1.82) is 0 Å². The minimum absolute atomic E-state index is 0.137. The summed E-state index contributed by atoms with van der Waals surface area (Å²) in [5.41, 5.74) is 0. The van der Waals surface area contributed by atoms with Crippen LogP contribution in [0.25, 0.3) is 0 Å². The van der Waals surface area contributed by atoms with E-state index in [9.17, 15) is 24.2 Å². The Morgan fingerprint density at radius 3 is 1.38 bits per heavy atom. The molecule has 340 valence electrons. The van der Waals surface area contributed by atoms with E-state index in [1.54, 1.807) is 0 Å². The molecular formula is C47H87O10P. The first kappa shape index (κ1) is 56.2. The van der Waals surface area contributed by atoms with Gasteiger partial charge in [-0.2, -0.15) is 0 Å². The monoisotopic (exact) mass is 843 g/mol. The third-order valence-electron chi connectivity index (χ3n) is 10.0. The lowest BCUT2D eigenvalue weighted by Crippen LogP contribution is -2.29. The van der Waals surface area contributed by atoms with Crippen LogP contribution in [0.3, 0.4) is 0 Å². The van der Waals surface area contributed by atoms with Gasteiger partial charge in [-0.3, -0.25) is 18.6 Å². The zero-order chi connectivity index (χ0) is 42.6. The topological polar surface area (TPSA) is 149 Å². The molecule has 58 heavy (non-hydrogen) atoms. The number of hydrogen-bond acceptors (Lipinski definition) is 9. The van der Waals surface area contributed by atoms with E-state index in [1.807, 2.05) is 0 Å². The van der Waals surface area contributed by atoms with E-state index >= 15 is 0 Å². The summed E-state index contributed by atoms with van der Waals surface area (Å²) in [7, 11) is -4.63. The molecule has 0 saturated heterocycles. The molecule has 0 rings (SSSR count). The first-order chi connectivity index (χ1) is 28.2. The van der Waals surface area contributed by atoms with Crippen LogP contribution in [0.1, 0.15) is 213 Å². The Bertz CT molecular complexity index is 1060. The molecular weight excluding hydrogens is 755 g/mol. The van der Waals surface area contributed by atoms with Gasteiger partial charge in [0.2, 0.25) is 0 Å². The van der Waals surface area contributed by atoms with Gasteiger partial charge < -0.3 is 24.6 Å². The number of phosphoric acid groups is 1.